The van der Waals surface area contributed by atoms with Crippen molar-refractivity contribution in [2.24, 2.45) is 0 Å². The van der Waals surface area contributed by atoms with Gasteiger partial charge in [-0.1, -0.05) is 13.3 Å². The Hall–Kier alpha value is -2.41. The van der Waals surface area contributed by atoms with Crippen molar-refractivity contribution in [3.8, 4) is 23.2 Å². The predicted octanol–water partition coefficient (Wildman–Crippen LogP) is 3.19. The molecule has 0 amide bonds. The molecular weight excluding hydrogens is 238 g/mol. The van der Waals surface area contributed by atoms with Crippen molar-refractivity contribution < 1.29 is 4.74 Å². The molecule has 0 radical (unpaired) electrons. The first-order valence-corrected chi connectivity index (χ1v) is 6.29. The molecule has 1 heterocycles. The zero-order chi connectivity index (χ0) is 13.5. The van der Waals surface area contributed by atoms with E-state index in [-0.39, 0.29) is 0 Å². The predicted molar refractivity (Wildman–Crippen MR) is 72.6 cm³/mol. The molecule has 0 N–H and O–H groups in total. The molecule has 0 saturated carbocycles. The molecular formula is C15H15N3O. The van der Waals surface area contributed by atoms with Gasteiger partial charge in [0.05, 0.1) is 12.2 Å². The van der Waals surface area contributed by atoms with E-state index in [1.807, 2.05) is 30.3 Å². The quantitative estimate of drug-likeness (QED) is 0.768. The summed E-state index contributed by atoms with van der Waals surface area (Å²) in [6.07, 6.45) is 5.22. The third kappa shape index (κ3) is 3.52. The summed E-state index contributed by atoms with van der Waals surface area (Å²) in [5, 5.41) is 8.69. The summed E-state index contributed by atoms with van der Waals surface area (Å²) in [6, 6.07) is 9.66. The van der Waals surface area contributed by atoms with E-state index in [1.54, 1.807) is 0 Å². The molecule has 0 aliphatic carbocycles. The average Bonchev–Trinajstić information content (AvgIpc) is 2.48. The van der Waals surface area contributed by atoms with Gasteiger partial charge in [-0.15, -0.1) is 0 Å². The third-order valence-electron chi connectivity index (χ3n) is 2.66. The number of hydrogen-bond acceptors (Lipinski definition) is 4. The van der Waals surface area contributed by atoms with E-state index in [2.05, 4.69) is 16.9 Å². The molecule has 19 heavy (non-hydrogen) atoms. The number of nitriles is 1. The minimum Gasteiger partial charge on any atom is -0.494 e. The highest BCUT2D eigenvalue weighted by Gasteiger charge is 2.02. The van der Waals surface area contributed by atoms with Crippen molar-refractivity contribution in [3.63, 3.8) is 0 Å². The van der Waals surface area contributed by atoms with E-state index >= 15 is 0 Å². The fourth-order valence-corrected chi connectivity index (χ4v) is 1.57. The third-order valence-corrected chi connectivity index (χ3v) is 2.66. The van der Waals surface area contributed by atoms with Crippen molar-refractivity contribution in [2.75, 3.05) is 6.61 Å². The molecule has 0 fully saturated rings. The zero-order valence-electron chi connectivity index (χ0n) is 10.8. The molecule has 0 aliphatic heterocycles. The van der Waals surface area contributed by atoms with E-state index in [4.69, 9.17) is 10.00 Å². The van der Waals surface area contributed by atoms with Gasteiger partial charge >= 0.3 is 0 Å². The minimum atomic E-state index is 0.461. The van der Waals surface area contributed by atoms with Crippen LogP contribution in [0.4, 0.5) is 0 Å². The lowest BCUT2D eigenvalue weighted by Gasteiger charge is -2.06. The van der Waals surface area contributed by atoms with Crippen molar-refractivity contribution in [1.82, 2.24) is 9.97 Å². The van der Waals surface area contributed by atoms with Crippen molar-refractivity contribution in [3.05, 3.63) is 42.2 Å². The fourth-order valence-electron chi connectivity index (χ4n) is 1.57. The Morgan fingerprint density at radius 2 is 1.84 bits per heavy atom. The highest BCUT2D eigenvalue weighted by molar-refractivity contribution is 5.56. The molecule has 2 aromatic rings. The van der Waals surface area contributed by atoms with Gasteiger partial charge in [0, 0.05) is 18.0 Å². The second kappa shape index (κ2) is 6.50. The number of hydrogen-bond donors (Lipinski definition) is 0. The Morgan fingerprint density at radius 3 is 2.42 bits per heavy atom. The lowest BCUT2D eigenvalue weighted by atomic mass is 10.2. The summed E-state index contributed by atoms with van der Waals surface area (Å²) in [5.41, 5.74) is 1.37. The Labute approximate surface area is 112 Å². The van der Waals surface area contributed by atoms with Crippen LogP contribution in [0, 0.1) is 11.3 Å². The van der Waals surface area contributed by atoms with Crippen LogP contribution < -0.4 is 4.74 Å². The molecule has 0 atom stereocenters. The molecule has 4 nitrogen and oxygen atoms in total. The number of aromatic nitrogens is 2. The Morgan fingerprint density at radius 1 is 1.16 bits per heavy atom. The van der Waals surface area contributed by atoms with Gasteiger partial charge in [-0.05, 0) is 30.7 Å². The monoisotopic (exact) mass is 253 g/mol. The van der Waals surface area contributed by atoms with Gasteiger partial charge < -0.3 is 4.74 Å². The van der Waals surface area contributed by atoms with Gasteiger partial charge in [0.2, 0.25) is 0 Å². The standard InChI is InChI=1S/C15H15N3O/c1-2-3-8-19-14-6-4-13(5-7-14)15-17-10-12(9-16)11-18-15/h4-7,10-11H,2-3,8H2,1H3. The molecule has 4 heteroatoms. The summed E-state index contributed by atoms with van der Waals surface area (Å²) in [7, 11) is 0. The Balaban J connectivity index is 2.07. The molecule has 1 aromatic carbocycles. The maximum atomic E-state index is 8.69. The average molecular weight is 253 g/mol. The molecule has 0 aliphatic rings. The lowest BCUT2D eigenvalue weighted by molar-refractivity contribution is 0.309. The van der Waals surface area contributed by atoms with Gasteiger partial charge in [0.15, 0.2) is 5.82 Å². The smallest absolute Gasteiger partial charge is 0.159 e. The van der Waals surface area contributed by atoms with E-state index in [9.17, 15) is 0 Å². The SMILES string of the molecule is CCCCOc1ccc(-c2ncc(C#N)cn2)cc1. The highest BCUT2D eigenvalue weighted by Crippen LogP contribution is 2.19. The van der Waals surface area contributed by atoms with Crippen LogP contribution in [0.25, 0.3) is 11.4 Å². The summed E-state index contributed by atoms with van der Waals surface area (Å²) in [5.74, 6) is 1.46. The number of benzene rings is 1. The zero-order valence-corrected chi connectivity index (χ0v) is 10.8. The molecule has 96 valence electrons. The molecule has 2 rings (SSSR count). The van der Waals surface area contributed by atoms with Gasteiger partial charge in [-0.2, -0.15) is 5.26 Å². The first-order chi connectivity index (χ1) is 9.33. The maximum Gasteiger partial charge on any atom is 0.159 e. The summed E-state index contributed by atoms with van der Waals surface area (Å²) >= 11 is 0. The first kappa shape index (κ1) is 13.0. The first-order valence-electron chi connectivity index (χ1n) is 6.29. The van der Waals surface area contributed by atoms with E-state index in [0.29, 0.717) is 11.4 Å². The van der Waals surface area contributed by atoms with Crippen LogP contribution in [-0.4, -0.2) is 16.6 Å². The Kier molecular flexibility index (Phi) is 4.46. The topological polar surface area (TPSA) is 58.8 Å². The summed E-state index contributed by atoms with van der Waals surface area (Å²) in [4.78, 5) is 8.30. The second-order valence-electron chi connectivity index (χ2n) is 4.13. The van der Waals surface area contributed by atoms with Crippen LogP contribution in [0.15, 0.2) is 36.7 Å². The number of unbranched alkanes of at least 4 members (excludes halogenated alkanes) is 1. The summed E-state index contributed by atoms with van der Waals surface area (Å²) in [6.45, 7) is 2.87. The van der Waals surface area contributed by atoms with E-state index in [0.717, 1.165) is 30.8 Å². The molecule has 1 aromatic heterocycles. The molecule has 0 bridgehead atoms. The van der Waals surface area contributed by atoms with Crippen LogP contribution in [0.3, 0.4) is 0 Å². The van der Waals surface area contributed by atoms with Crippen LogP contribution in [0.2, 0.25) is 0 Å². The van der Waals surface area contributed by atoms with Crippen LogP contribution in [0.1, 0.15) is 25.3 Å². The molecule has 0 unspecified atom stereocenters. The van der Waals surface area contributed by atoms with E-state index < -0.39 is 0 Å². The van der Waals surface area contributed by atoms with Crippen LogP contribution >= 0.6 is 0 Å². The number of ether oxygens (including phenoxy) is 1. The van der Waals surface area contributed by atoms with Crippen molar-refractivity contribution in [1.29, 1.82) is 5.26 Å². The molecule has 0 saturated heterocycles. The minimum absolute atomic E-state index is 0.461. The normalized spacial score (nSPS) is 9.89. The number of rotatable bonds is 5. The fraction of sp³-hybridized carbons (Fsp3) is 0.267. The highest BCUT2D eigenvalue weighted by atomic mass is 16.5. The van der Waals surface area contributed by atoms with Gasteiger partial charge in [0.25, 0.3) is 0 Å². The van der Waals surface area contributed by atoms with Crippen LogP contribution in [0.5, 0.6) is 5.75 Å². The van der Waals surface area contributed by atoms with Crippen LogP contribution in [-0.2, 0) is 0 Å². The maximum absolute atomic E-state index is 8.69. The van der Waals surface area contributed by atoms with Crippen molar-refractivity contribution in [2.45, 2.75) is 19.8 Å². The number of nitrogens with zero attached hydrogens (tertiary/aromatic N) is 3. The Bertz CT molecular complexity index is 555. The lowest BCUT2D eigenvalue weighted by Crippen LogP contribution is -1.96. The van der Waals surface area contributed by atoms with Gasteiger partial charge in [0.1, 0.15) is 11.8 Å². The largest absolute Gasteiger partial charge is 0.494 e. The summed E-state index contributed by atoms with van der Waals surface area (Å²) < 4.78 is 5.59. The van der Waals surface area contributed by atoms with Gasteiger partial charge in [-0.25, -0.2) is 9.97 Å². The second-order valence-corrected chi connectivity index (χ2v) is 4.13. The van der Waals surface area contributed by atoms with Gasteiger partial charge in [-0.3, -0.25) is 0 Å². The van der Waals surface area contributed by atoms with Crippen molar-refractivity contribution >= 4 is 0 Å². The molecule has 0 spiro atoms. The van der Waals surface area contributed by atoms with E-state index in [1.165, 1.54) is 12.4 Å².